The predicted octanol–water partition coefficient (Wildman–Crippen LogP) is 1.94. The summed E-state index contributed by atoms with van der Waals surface area (Å²) in [6.07, 6.45) is 2.28. The summed E-state index contributed by atoms with van der Waals surface area (Å²) in [4.78, 5) is 13.4. The van der Waals surface area contributed by atoms with Gasteiger partial charge in [0.25, 0.3) is 0 Å². The number of nitrogens with zero attached hydrogens (tertiary/aromatic N) is 3. The first-order chi connectivity index (χ1) is 11.2. The largest absolute Gasteiger partial charge is 0.478 e. The number of benzene rings is 1. The number of carboxylic acid groups (broad SMARTS) is 1. The van der Waals surface area contributed by atoms with E-state index >= 15 is 0 Å². The lowest BCUT2D eigenvalue weighted by Crippen LogP contribution is -2.38. The van der Waals surface area contributed by atoms with E-state index in [1.54, 1.807) is 12.1 Å². The first-order valence-electron chi connectivity index (χ1n) is 7.99. The van der Waals surface area contributed by atoms with Crippen molar-refractivity contribution in [2.24, 2.45) is 0 Å². The Morgan fingerprint density at radius 2 is 1.91 bits per heavy atom. The minimum absolute atomic E-state index is 0.0332. The highest BCUT2D eigenvalue weighted by atomic mass is 16.4. The third-order valence-electron chi connectivity index (χ3n) is 4.87. The fourth-order valence-corrected chi connectivity index (χ4v) is 3.75. The molecule has 6 nitrogen and oxygen atoms in total. The number of hydrogen-bond acceptors (Lipinski definition) is 4. The van der Waals surface area contributed by atoms with Crippen LogP contribution in [0.2, 0.25) is 0 Å². The number of anilines is 1. The molecule has 0 spiro atoms. The SMILES string of the molecule is O=C(O)c1ccc(-c2c3c(nn2CCO)C2CCN3CC2)cc1. The fraction of sp³-hybridized carbons (Fsp3) is 0.412. The molecule has 1 fully saturated rings. The highest BCUT2D eigenvalue weighted by molar-refractivity contribution is 5.89. The lowest BCUT2D eigenvalue weighted by molar-refractivity contribution is 0.0697. The van der Waals surface area contributed by atoms with Crippen molar-refractivity contribution in [3.05, 3.63) is 35.5 Å². The van der Waals surface area contributed by atoms with Crippen molar-refractivity contribution in [3.63, 3.8) is 0 Å². The van der Waals surface area contributed by atoms with E-state index in [-0.39, 0.29) is 12.2 Å². The Morgan fingerprint density at radius 1 is 1.22 bits per heavy atom. The van der Waals surface area contributed by atoms with Gasteiger partial charge in [-0.05, 0) is 25.0 Å². The maximum absolute atomic E-state index is 11.0. The molecule has 1 aromatic carbocycles. The number of piperidine rings is 1. The summed E-state index contributed by atoms with van der Waals surface area (Å²) in [6.45, 7) is 2.57. The van der Waals surface area contributed by atoms with Gasteiger partial charge in [0.1, 0.15) is 0 Å². The molecular formula is C17H19N3O3. The van der Waals surface area contributed by atoms with E-state index in [9.17, 15) is 9.90 Å². The molecule has 0 atom stereocenters. The molecule has 0 saturated carbocycles. The van der Waals surface area contributed by atoms with Gasteiger partial charge in [0.2, 0.25) is 0 Å². The van der Waals surface area contributed by atoms with Crippen LogP contribution in [0.15, 0.2) is 24.3 Å². The van der Waals surface area contributed by atoms with E-state index in [1.807, 2.05) is 16.8 Å². The molecule has 2 bridgehead atoms. The molecule has 0 radical (unpaired) electrons. The summed E-state index contributed by atoms with van der Waals surface area (Å²) in [5, 5.41) is 23.2. The zero-order valence-corrected chi connectivity index (χ0v) is 12.8. The molecule has 6 heteroatoms. The normalized spacial score (nSPS) is 16.7. The fourth-order valence-electron chi connectivity index (χ4n) is 3.75. The van der Waals surface area contributed by atoms with Crippen molar-refractivity contribution in [2.75, 3.05) is 24.6 Å². The third kappa shape index (κ3) is 2.21. The lowest BCUT2D eigenvalue weighted by Gasteiger charge is -2.39. The summed E-state index contributed by atoms with van der Waals surface area (Å²) in [6, 6.07) is 6.91. The summed E-state index contributed by atoms with van der Waals surface area (Å²) >= 11 is 0. The molecule has 0 amide bonds. The van der Waals surface area contributed by atoms with Crippen LogP contribution in [0.4, 0.5) is 5.69 Å². The zero-order valence-electron chi connectivity index (χ0n) is 12.8. The van der Waals surface area contributed by atoms with Gasteiger partial charge in [-0.3, -0.25) is 4.68 Å². The molecule has 5 rings (SSSR count). The number of aromatic nitrogens is 2. The van der Waals surface area contributed by atoms with Crippen LogP contribution in [0.1, 0.15) is 34.8 Å². The lowest BCUT2D eigenvalue weighted by atomic mass is 9.86. The van der Waals surface area contributed by atoms with Gasteiger partial charge in [-0.2, -0.15) is 5.10 Å². The van der Waals surface area contributed by atoms with Crippen LogP contribution >= 0.6 is 0 Å². The maximum atomic E-state index is 11.0. The van der Waals surface area contributed by atoms with Crippen molar-refractivity contribution in [1.29, 1.82) is 0 Å². The van der Waals surface area contributed by atoms with Crippen LogP contribution in [0, 0.1) is 0 Å². The van der Waals surface area contributed by atoms with Gasteiger partial charge in [0.05, 0.1) is 35.8 Å². The van der Waals surface area contributed by atoms with E-state index in [4.69, 9.17) is 10.2 Å². The zero-order chi connectivity index (χ0) is 16.0. The van der Waals surface area contributed by atoms with Crippen molar-refractivity contribution < 1.29 is 15.0 Å². The standard InChI is InChI=1S/C17H19N3O3/c21-10-9-20-15(12-1-3-13(4-2-12)17(22)23)16-14(18-20)11-5-7-19(16)8-6-11/h1-4,11,21H,5-10H2,(H,22,23). The topological polar surface area (TPSA) is 78.6 Å². The van der Waals surface area contributed by atoms with Crippen LogP contribution in [0.25, 0.3) is 11.3 Å². The van der Waals surface area contributed by atoms with Crippen LogP contribution in [-0.4, -0.2) is 45.7 Å². The van der Waals surface area contributed by atoms with E-state index in [0.717, 1.165) is 42.9 Å². The predicted molar refractivity (Wildman–Crippen MR) is 85.9 cm³/mol. The highest BCUT2D eigenvalue weighted by Gasteiger charge is 2.36. The molecule has 2 N–H and O–H groups in total. The van der Waals surface area contributed by atoms with Crippen molar-refractivity contribution in [1.82, 2.24) is 9.78 Å². The molecule has 3 aliphatic rings. The molecule has 3 aliphatic heterocycles. The maximum Gasteiger partial charge on any atom is 0.335 e. The number of aliphatic hydroxyl groups excluding tert-OH is 1. The van der Waals surface area contributed by atoms with Crippen LogP contribution in [0.3, 0.4) is 0 Å². The number of aliphatic hydroxyl groups is 1. The van der Waals surface area contributed by atoms with Gasteiger partial charge in [-0.15, -0.1) is 0 Å². The number of rotatable bonds is 4. The first kappa shape index (κ1) is 14.3. The Labute approximate surface area is 134 Å². The second-order valence-electron chi connectivity index (χ2n) is 6.17. The quantitative estimate of drug-likeness (QED) is 0.902. The molecular weight excluding hydrogens is 294 g/mol. The summed E-state index contributed by atoms with van der Waals surface area (Å²) < 4.78 is 1.87. The molecule has 1 saturated heterocycles. The smallest absolute Gasteiger partial charge is 0.335 e. The number of carboxylic acids is 1. The van der Waals surface area contributed by atoms with E-state index in [0.29, 0.717) is 12.5 Å². The summed E-state index contributed by atoms with van der Waals surface area (Å²) in [7, 11) is 0. The molecule has 120 valence electrons. The Hall–Kier alpha value is -2.34. The third-order valence-corrected chi connectivity index (χ3v) is 4.87. The summed E-state index contributed by atoms with van der Waals surface area (Å²) in [5.74, 6) is -0.419. The molecule has 0 unspecified atom stereocenters. The van der Waals surface area contributed by atoms with Crippen molar-refractivity contribution >= 4 is 11.7 Å². The minimum Gasteiger partial charge on any atom is -0.478 e. The van der Waals surface area contributed by atoms with Crippen LogP contribution in [0.5, 0.6) is 0 Å². The van der Waals surface area contributed by atoms with Gasteiger partial charge < -0.3 is 15.1 Å². The number of hydrogen-bond donors (Lipinski definition) is 2. The number of aromatic carboxylic acids is 1. The number of fused-ring (bicyclic) bond motifs is 2. The molecule has 23 heavy (non-hydrogen) atoms. The highest BCUT2D eigenvalue weighted by Crippen LogP contribution is 2.46. The summed E-state index contributed by atoms with van der Waals surface area (Å²) in [5.41, 5.74) is 4.52. The second-order valence-corrected chi connectivity index (χ2v) is 6.17. The average molecular weight is 313 g/mol. The Kier molecular flexibility index (Phi) is 3.34. The van der Waals surface area contributed by atoms with Gasteiger partial charge in [0, 0.05) is 24.6 Å². The van der Waals surface area contributed by atoms with Gasteiger partial charge in [-0.1, -0.05) is 12.1 Å². The minimum atomic E-state index is -0.926. The molecule has 4 heterocycles. The van der Waals surface area contributed by atoms with E-state index < -0.39 is 5.97 Å². The van der Waals surface area contributed by atoms with E-state index in [1.165, 1.54) is 5.69 Å². The Balaban J connectivity index is 1.85. The number of carbonyl (C=O) groups is 1. The second kappa shape index (κ2) is 5.38. The first-order valence-corrected chi connectivity index (χ1v) is 7.99. The van der Waals surface area contributed by atoms with Crippen LogP contribution < -0.4 is 4.90 Å². The van der Waals surface area contributed by atoms with Crippen LogP contribution in [-0.2, 0) is 6.54 Å². The van der Waals surface area contributed by atoms with E-state index in [2.05, 4.69) is 4.90 Å². The molecule has 0 aliphatic carbocycles. The van der Waals surface area contributed by atoms with Gasteiger partial charge >= 0.3 is 5.97 Å². The monoisotopic (exact) mass is 313 g/mol. The van der Waals surface area contributed by atoms with Crippen molar-refractivity contribution in [3.8, 4) is 11.3 Å². The van der Waals surface area contributed by atoms with Crippen molar-refractivity contribution in [2.45, 2.75) is 25.3 Å². The van der Waals surface area contributed by atoms with Gasteiger partial charge in [-0.25, -0.2) is 4.79 Å². The Bertz CT molecular complexity index is 743. The Morgan fingerprint density at radius 3 is 2.52 bits per heavy atom. The molecule has 1 aromatic heterocycles. The van der Waals surface area contributed by atoms with Gasteiger partial charge in [0.15, 0.2) is 0 Å². The molecule has 2 aromatic rings. The average Bonchev–Trinajstić information content (AvgIpc) is 2.97.